The molecule has 1 aliphatic rings. The van der Waals surface area contributed by atoms with Gasteiger partial charge in [0, 0.05) is 19.2 Å². The minimum atomic E-state index is -0.784. The molecule has 2 amide bonds. The van der Waals surface area contributed by atoms with Gasteiger partial charge in [0.25, 0.3) is 5.91 Å². The van der Waals surface area contributed by atoms with Crippen LogP contribution < -0.4 is 15.6 Å². The molecule has 2 N–H and O–H groups in total. The first-order valence-electron chi connectivity index (χ1n) is 7.72. The predicted molar refractivity (Wildman–Crippen MR) is 93.8 cm³/mol. The number of anilines is 2. The van der Waals surface area contributed by atoms with Crippen LogP contribution >= 0.6 is 0 Å². The van der Waals surface area contributed by atoms with Crippen LogP contribution in [0.3, 0.4) is 0 Å². The molecule has 1 unspecified atom stereocenters. The molecule has 1 heterocycles. The molecule has 0 radical (unpaired) electrons. The summed E-state index contributed by atoms with van der Waals surface area (Å²) in [5, 5.41) is 5.64. The molecule has 6 nitrogen and oxygen atoms in total. The van der Waals surface area contributed by atoms with E-state index < -0.39 is 17.8 Å². The van der Waals surface area contributed by atoms with Crippen LogP contribution in [0.1, 0.15) is 6.42 Å². The number of rotatable bonds is 4. The van der Waals surface area contributed by atoms with E-state index >= 15 is 0 Å². The van der Waals surface area contributed by atoms with Crippen molar-refractivity contribution in [3.63, 3.8) is 0 Å². The molecule has 2 aromatic rings. The molecule has 0 bridgehead atoms. The topological polar surface area (TPSA) is 79.0 Å². The van der Waals surface area contributed by atoms with E-state index in [1.54, 1.807) is 19.2 Å². The summed E-state index contributed by atoms with van der Waals surface area (Å²) in [6, 6.07) is 13.8. The molecular weight excluding hydrogens is 323 g/mol. The molecule has 0 aliphatic carbocycles. The summed E-state index contributed by atoms with van der Waals surface area (Å²) < 4.78 is 13.1. The van der Waals surface area contributed by atoms with Crippen molar-refractivity contribution < 1.29 is 14.0 Å². The van der Waals surface area contributed by atoms with Gasteiger partial charge in [-0.2, -0.15) is 5.10 Å². The number of hydrogen-bond acceptors (Lipinski definition) is 4. The quantitative estimate of drug-likeness (QED) is 0.923. The molecule has 0 saturated carbocycles. The maximum Gasteiger partial charge on any atom is 0.274 e. The summed E-state index contributed by atoms with van der Waals surface area (Å²) in [6.07, 6.45) is 0.0999. The van der Waals surface area contributed by atoms with Crippen molar-refractivity contribution in [1.29, 1.82) is 0 Å². The van der Waals surface area contributed by atoms with Gasteiger partial charge in [0.1, 0.15) is 17.6 Å². The number of para-hydroxylation sites is 1. The second kappa shape index (κ2) is 6.72. The Morgan fingerprint density at radius 3 is 2.40 bits per heavy atom. The second-order valence-corrected chi connectivity index (χ2v) is 5.69. The van der Waals surface area contributed by atoms with Crippen molar-refractivity contribution >= 4 is 28.9 Å². The second-order valence-electron chi connectivity index (χ2n) is 5.69. The molecule has 0 aromatic heterocycles. The van der Waals surface area contributed by atoms with Gasteiger partial charge >= 0.3 is 0 Å². The Hall–Kier alpha value is -3.22. The summed E-state index contributed by atoms with van der Waals surface area (Å²) in [5.74, 6) is -1.32. The Labute approximate surface area is 144 Å². The third kappa shape index (κ3) is 3.35. The molecule has 7 heteroatoms. The molecule has 25 heavy (non-hydrogen) atoms. The largest absolute Gasteiger partial charge is 0.368 e. The Bertz CT molecular complexity index is 821. The predicted octanol–water partition coefficient (Wildman–Crippen LogP) is 1.91. The van der Waals surface area contributed by atoms with Crippen LogP contribution in [-0.4, -0.2) is 30.6 Å². The van der Waals surface area contributed by atoms with E-state index in [0.717, 1.165) is 0 Å². The number of benzene rings is 2. The molecule has 1 aliphatic heterocycles. The SMILES string of the molecule is CN(C(=O)C1=NN(c2ccc(F)cc2)C(C(N)=O)C1)c1ccccc1. The minimum absolute atomic E-state index is 0.0999. The molecular formula is C18H17FN4O2. The lowest BCUT2D eigenvalue weighted by Gasteiger charge is -2.20. The fourth-order valence-electron chi connectivity index (χ4n) is 2.66. The van der Waals surface area contributed by atoms with Crippen molar-refractivity contribution in [3.05, 3.63) is 60.4 Å². The van der Waals surface area contributed by atoms with Gasteiger partial charge in [0.2, 0.25) is 5.91 Å². The zero-order chi connectivity index (χ0) is 18.0. The van der Waals surface area contributed by atoms with E-state index in [1.165, 1.54) is 34.2 Å². The van der Waals surface area contributed by atoms with Crippen molar-refractivity contribution in [1.82, 2.24) is 0 Å². The lowest BCUT2D eigenvalue weighted by atomic mass is 10.1. The Balaban J connectivity index is 1.89. The lowest BCUT2D eigenvalue weighted by molar-refractivity contribution is -0.119. The van der Waals surface area contributed by atoms with Gasteiger partial charge in [0.15, 0.2) is 0 Å². The lowest BCUT2D eigenvalue weighted by Crippen LogP contribution is -2.40. The molecule has 2 aromatic carbocycles. The number of nitrogens with two attached hydrogens (primary N) is 1. The van der Waals surface area contributed by atoms with Gasteiger partial charge in [0.05, 0.1) is 5.69 Å². The Morgan fingerprint density at radius 1 is 1.16 bits per heavy atom. The van der Waals surface area contributed by atoms with E-state index in [0.29, 0.717) is 11.4 Å². The van der Waals surface area contributed by atoms with Gasteiger partial charge < -0.3 is 10.6 Å². The molecule has 0 spiro atoms. The summed E-state index contributed by atoms with van der Waals surface area (Å²) in [5.41, 5.74) is 6.88. The first-order chi connectivity index (χ1) is 12.0. The van der Waals surface area contributed by atoms with Crippen molar-refractivity contribution in [3.8, 4) is 0 Å². The average molecular weight is 340 g/mol. The summed E-state index contributed by atoms with van der Waals surface area (Å²) >= 11 is 0. The first-order valence-corrected chi connectivity index (χ1v) is 7.72. The summed E-state index contributed by atoms with van der Waals surface area (Å²) in [6.45, 7) is 0. The Morgan fingerprint density at radius 2 is 1.80 bits per heavy atom. The maximum atomic E-state index is 13.1. The Kier molecular flexibility index (Phi) is 4.47. The monoisotopic (exact) mass is 340 g/mol. The van der Waals surface area contributed by atoms with E-state index in [2.05, 4.69) is 5.10 Å². The number of nitrogens with zero attached hydrogens (tertiary/aromatic N) is 3. The van der Waals surface area contributed by atoms with Gasteiger partial charge in [-0.1, -0.05) is 18.2 Å². The molecule has 1 atom stereocenters. The van der Waals surface area contributed by atoms with Crippen LogP contribution in [0.25, 0.3) is 0 Å². The number of hydrogen-bond donors (Lipinski definition) is 1. The van der Waals surface area contributed by atoms with Crippen LogP contribution in [0, 0.1) is 5.82 Å². The normalized spacial score (nSPS) is 16.5. The molecule has 0 saturated heterocycles. The van der Waals surface area contributed by atoms with Gasteiger partial charge in [-0.25, -0.2) is 4.39 Å². The number of amides is 2. The highest BCUT2D eigenvalue weighted by Gasteiger charge is 2.36. The minimum Gasteiger partial charge on any atom is -0.368 e. The number of primary amides is 1. The van der Waals surface area contributed by atoms with Crippen molar-refractivity contribution in [2.24, 2.45) is 10.8 Å². The van der Waals surface area contributed by atoms with E-state index in [-0.39, 0.29) is 18.0 Å². The van der Waals surface area contributed by atoms with Gasteiger partial charge in [-0.3, -0.25) is 14.6 Å². The smallest absolute Gasteiger partial charge is 0.274 e. The van der Waals surface area contributed by atoms with Crippen LogP contribution in [0.2, 0.25) is 0 Å². The van der Waals surface area contributed by atoms with E-state index in [9.17, 15) is 14.0 Å². The maximum absolute atomic E-state index is 13.1. The fraction of sp³-hybridized carbons (Fsp3) is 0.167. The summed E-state index contributed by atoms with van der Waals surface area (Å²) in [4.78, 5) is 25.9. The molecule has 0 fully saturated rings. The van der Waals surface area contributed by atoms with Crippen molar-refractivity contribution in [2.45, 2.75) is 12.5 Å². The van der Waals surface area contributed by atoms with Gasteiger partial charge in [-0.05, 0) is 36.4 Å². The van der Waals surface area contributed by atoms with Crippen LogP contribution in [0.4, 0.5) is 15.8 Å². The third-order valence-electron chi connectivity index (χ3n) is 4.02. The number of halogens is 1. The van der Waals surface area contributed by atoms with Crippen LogP contribution in [-0.2, 0) is 9.59 Å². The standard InChI is InChI=1S/C18H17FN4O2/c1-22(13-5-3-2-4-6-13)18(25)15-11-16(17(20)24)23(21-15)14-9-7-12(19)8-10-14/h2-10,16H,11H2,1H3,(H2,20,24). The third-order valence-corrected chi connectivity index (χ3v) is 4.02. The average Bonchev–Trinajstić information content (AvgIpc) is 3.07. The fourth-order valence-corrected chi connectivity index (χ4v) is 2.66. The highest BCUT2D eigenvalue weighted by Crippen LogP contribution is 2.26. The van der Waals surface area contributed by atoms with Crippen LogP contribution in [0.5, 0.6) is 0 Å². The van der Waals surface area contributed by atoms with Gasteiger partial charge in [-0.15, -0.1) is 0 Å². The summed E-state index contributed by atoms with van der Waals surface area (Å²) in [7, 11) is 1.64. The highest BCUT2D eigenvalue weighted by molar-refractivity contribution is 6.44. The number of carbonyl (C=O) groups is 2. The number of carbonyl (C=O) groups excluding carboxylic acids is 2. The molecule has 3 rings (SSSR count). The zero-order valence-corrected chi connectivity index (χ0v) is 13.6. The van der Waals surface area contributed by atoms with Crippen LogP contribution in [0.15, 0.2) is 59.7 Å². The first kappa shape index (κ1) is 16.6. The van der Waals surface area contributed by atoms with E-state index in [1.807, 2.05) is 18.2 Å². The number of hydrazone groups is 1. The van der Waals surface area contributed by atoms with Crippen molar-refractivity contribution in [2.75, 3.05) is 17.0 Å². The zero-order valence-electron chi connectivity index (χ0n) is 13.6. The highest BCUT2D eigenvalue weighted by atomic mass is 19.1. The molecule has 128 valence electrons. The van der Waals surface area contributed by atoms with E-state index in [4.69, 9.17) is 5.73 Å².